The molecule has 0 aliphatic rings. The Morgan fingerprint density at radius 3 is 1.54 bits per heavy atom. The molecule has 12 N–H and O–H groups in total. The highest BCUT2D eigenvalue weighted by Crippen LogP contribution is 2.12. The lowest BCUT2D eigenvalue weighted by Gasteiger charge is -2.29. The van der Waals surface area contributed by atoms with Gasteiger partial charge in [0.05, 0.1) is 12.5 Å². The van der Waals surface area contributed by atoms with Gasteiger partial charge < -0.3 is 53.4 Å². The molecule has 0 saturated heterocycles. The molecular weight excluding hydrogens is 638 g/mol. The average molecular weight is 688 g/mol. The first kappa shape index (κ1) is 43.2. The molecule has 272 valence electrons. The number of rotatable bonds is 23. The largest absolute Gasteiger partial charge is 0.481 e. The first-order valence-electron chi connectivity index (χ1n) is 15.4. The van der Waals surface area contributed by atoms with E-state index in [9.17, 15) is 53.4 Å². The molecule has 48 heavy (non-hydrogen) atoms. The molecule has 19 nitrogen and oxygen atoms in total. The van der Waals surface area contributed by atoms with Gasteiger partial charge in [0.15, 0.2) is 0 Å². The minimum atomic E-state index is -1.83. The van der Waals surface area contributed by atoms with Crippen LogP contribution in [-0.4, -0.2) is 105 Å². The van der Waals surface area contributed by atoms with Crippen LogP contribution in [0.5, 0.6) is 0 Å². The van der Waals surface area contributed by atoms with Crippen LogP contribution in [0.4, 0.5) is 0 Å². The van der Waals surface area contributed by atoms with Crippen molar-refractivity contribution in [3.05, 3.63) is 0 Å². The molecule has 19 heteroatoms. The standard InChI is InChI=1S/C29H49N7O12/c1-6-14(4)23(36-27(45)18(11-13(2)3)34-24(42)15(5)30)28(46)35-19(12-22(40)41)26(44)32-16(7-9-20(31)37)25(43)33-17(29(47)48)8-10-21(38)39/h13-19,23H,6-12,30H2,1-5H3,(H2,31,37)(H,32,44)(H,33,43)(H,34,42)(H,35,46)(H,36,45)(H,38,39)(H,40,41)(H,47,48)/t14-,15-,16-,17-,18-,19-,23-/m0/s1. The van der Waals surface area contributed by atoms with E-state index in [0.29, 0.717) is 6.42 Å². The quantitative estimate of drug-likeness (QED) is 0.0533. The predicted octanol–water partition coefficient (Wildman–Crippen LogP) is -2.46. The fraction of sp³-hybridized carbons (Fsp3) is 0.690. The van der Waals surface area contributed by atoms with Crippen molar-refractivity contribution in [2.75, 3.05) is 0 Å². The van der Waals surface area contributed by atoms with Crippen LogP contribution < -0.4 is 38.1 Å². The lowest BCUT2D eigenvalue weighted by atomic mass is 9.96. The molecule has 7 atom stereocenters. The minimum Gasteiger partial charge on any atom is -0.481 e. The molecule has 0 spiro atoms. The van der Waals surface area contributed by atoms with Crippen molar-refractivity contribution < 1.29 is 58.5 Å². The Kier molecular flexibility index (Phi) is 19.0. The maximum absolute atomic E-state index is 13.5. The zero-order valence-electron chi connectivity index (χ0n) is 27.7. The molecule has 0 aliphatic carbocycles. The van der Waals surface area contributed by atoms with Gasteiger partial charge in [-0.2, -0.15) is 0 Å². The van der Waals surface area contributed by atoms with Crippen LogP contribution in [0.1, 0.15) is 79.6 Å². The summed E-state index contributed by atoms with van der Waals surface area (Å²) in [5, 5.41) is 39.4. The Bertz CT molecular complexity index is 1190. The van der Waals surface area contributed by atoms with Gasteiger partial charge in [-0.15, -0.1) is 0 Å². The van der Waals surface area contributed by atoms with Crippen molar-refractivity contribution >= 4 is 53.4 Å². The highest BCUT2D eigenvalue weighted by atomic mass is 16.4. The Balaban J connectivity index is 6.20. The SMILES string of the molecule is CC[C@H](C)[C@H](NC(=O)[C@H](CC(C)C)NC(=O)[C@H](C)N)C(=O)N[C@@H](CC(=O)O)C(=O)N[C@@H](CCC(N)=O)C(=O)N[C@@H](CCC(=O)O)C(=O)O. The Labute approximate surface area is 277 Å². The van der Waals surface area contributed by atoms with E-state index in [-0.39, 0.29) is 12.3 Å². The van der Waals surface area contributed by atoms with E-state index in [4.69, 9.17) is 16.6 Å². The summed E-state index contributed by atoms with van der Waals surface area (Å²) in [5.41, 5.74) is 10.8. The van der Waals surface area contributed by atoms with Crippen LogP contribution in [0.25, 0.3) is 0 Å². The summed E-state index contributed by atoms with van der Waals surface area (Å²) in [5.74, 6) is -10.6. The summed E-state index contributed by atoms with van der Waals surface area (Å²) in [6, 6.07) is -8.48. The molecule has 0 aromatic rings. The number of carboxylic acid groups (broad SMARTS) is 3. The number of carbonyl (C=O) groups is 9. The van der Waals surface area contributed by atoms with Crippen molar-refractivity contribution in [2.24, 2.45) is 23.3 Å². The highest BCUT2D eigenvalue weighted by molar-refractivity contribution is 5.97. The van der Waals surface area contributed by atoms with Gasteiger partial charge in [0.2, 0.25) is 35.4 Å². The maximum Gasteiger partial charge on any atom is 0.326 e. The number of hydrogen-bond donors (Lipinski definition) is 10. The van der Waals surface area contributed by atoms with Gasteiger partial charge in [-0.1, -0.05) is 34.1 Å². The molecule has 0 unspecified atom stereocenters. The van der Waals surface area contributed by atoms with Crippen molar-refractivity contribution in [1.29, 1.82) is 0 Å². The molecule has 0 aliphatic heterocycles. The summed E-state index contributed by atoms with van der Waals surface area (Å²) < 4.78 is 0. The summed E-state index contributed by atoms with van der Waals surface area (Å²) in [6.45, 7) is 8.37. The van der Waals surface area contributed by atoms with Crippen molar-refractivity contribution in [1.82, 2.24) is 26.6 Å². The van der Waals surface area contributed by atoms with E-state index in [2.05, 4.69) is 26.6 Å². The van der Waals surface area contributed by atoms with Crippen molar-refractivity contribution in [3.8, 4) is 0 Å². The van der Waals surface area contributed by atoms with Crippen LogP contribution in [0, 0.1) is 11.8 Å². The number of nitrogens with two attached hydrogens (primary N) is 2. The summed E-state index contributed by atoms with van der Waals surface area (Å²) in [7, 11) is 0. The van der Waals surface area contributed by atoms with Gasteiger partial charge in [-0.3, -0.25) is 38.4 Å². The normalized spacial score (nSPS) is 15.3. The third kappa shape index (κ3) is 16.7. The predicted molar refractivity (Wildman–Crippen MR) is 167 cm³/mol. The summed E-state index contributed by atoms with van der Waals surface area (Å²) in [4.78, 5) is 111. The zero-order chi connectivity index (χ0) is 37.3. The van der Waals surface area contributed by atoms with E-state index >= 15 is 0 Å². The Hall–Kier alpha value is -4.81. The van der Waals surface area contributed by atoms with Crippen LogP contribution in [0.15, 0.2) is 0 Å². The number of hydrogen-bond acceptors (Lipinski definition) is 10. The van der Waals surface area contributed by atoms with Gasteiger partial charge in [0.25, 0.3) is 0 Å². The number of carboxylic acids is 3. The van der Waals surface area contributed by atoms with Gasteiger partial charge >= 0.3 is 17.9 Å². The minimum absolute atomic E-state index is 0.0590. The van der Waals surface area contributed by atoms with E-state index in [0.717, 1.165) is 0 Å². The smallest absolute Gasteiger partial charge is 0.326 e. The van der Waals surface area contributed by atoms with Gasteiger partial charge in [-0.25, -0.2) is 4.79 Å². The number of primary amides is 1. The molecular formula is C29H49N7O12. The second-order valence-electron chi connectivity index (χ2n) is 11.9. The lowest BCUT2D eigenvalue weighted by Crippen LogP contribution is -2.60. The molecule has 0 aromatic carbocycles. The molecule has 0 bridgehead atoms. The van der Waals surface area contributed by atoms with E-state index in [1.807, 2.05) is 0 Å². The molecule has 0 aromatic heterocycles. The zero-order valence-corrected chi connectivity index (χ0v) is 27.7. The van der Waals surface area contributed by atoms with Crippen LogP contribution in [0.3, 0.4) is 0 Å². The number of carbonyl (C=O) groups excluding carboxylic acids is 6. The number of amides is 6. The molecule has 0 rings (SSSR count). The topological polar surface area (TPSA) is 327 Å². The fourth-order valence-electron chi connectivity index (χ4n) is 4.23. The average Bonchev–Trinajstić information content (AvgIpc) is 2.97. The molecule has 0 radical (unpaired) electrons. The lowest BCUT2D eigenvalue weighted by molar-refractivity contribution is -0.144. The first-order valence-corrected chi connectivity index (χ1v) is 15.4. The van der Waals surface area contributed by atoms with E-state index in [1.54, 1.807) is 27.7 Å². The fourth-order valence-corrected chi connectivity index (χ4v) is 4.23. The van der Waals surface area contributed by atoms with Gasteiger partial charge in [-0.05, 0) is 38.0 Å². The number of nitrogens with one attached hydrogen (secondary N) is 5. The third-order valence-corrected chi connectivity index (χ3v) is 7.13. The Morgan fingerprint density at radius 1 is 0.604 bits per heavy atom. The summed E-state index contributed by atoms with van der Waals surface area (Å²) in [6.07, 6.45) is -2.51. The number of aliphatic carboxylic acids is 3. The van der Waals surface area contributed by atoms with Crippen LogP contribution in [-0.2, 0) is 43.2 Å². The van der Waals surface area contributed by atoms with Crippen molar-refractivity contribution in [3.63, 3.8) is 0 Å². The molecule has 0 heterocycles. The van der Waals surface area contributed by atoms with Crippen molar-refractivity contribution in [2.45, 2.75) is 116 Å². The monoisotopic (exact) mass is 687 g/mol. The Morgan fingerprint density at radius 2 is 1.08 bits per heavy atom. The first-order chi connectivity index (χ1) is 22.2. The van der Waals surface area contributed by atoms with E-state index < -0.39 is 128 Å². The molecule has 0 fully saturated rings. The van der Waals surface area contributed by atoms with E-state index in [1.165, 1.54) is 6.92 Å². The second kappa shape index (κ2) is 21.1. The van der Waals surface area contributed by atoms with Crippen LogP contribution in [0.2, 0.25) is 0 Å². The maximum atomic E-state index is 13.5. The second-order valence-corrected chi connectivity index (χ2v) is 11.9. The van der Waals surface area contributed by atoms with Gasteiger partial charge in [0, 0.05) is 12.8 Å². The summed E-state index contributed by atoms with van der Waals surface area (Å²) >= 11 is 0. The molecule has 6 amide bonds. The molecule has 0 saturated carbocycles. The van der Waals surface area contributed by atoms with Gasteiger partial charge in [0.1, 0.15) is 30.2 Å². The highest BCUT2D eigenvalue weighted by Gasteiger charge is 2.35. The van der Waals surface area contributed by atoms with Crippen LogP contribution >= 0.6 is 0 Å². The third-order valence-electron chi connectivity index (χ3n) is 7.13.